The molecule has 1 heterocycles. The molecule has 0 aliphatic carbocycles. The fourth-order valence-electron chi connectivity index (χ4n) is 3.12. The number of aliphatic hydroxyl groups excluding tert-OH is 1. The first-order chi connectivity index (χ1) is 9.34. The van der Waals surface area contributed by atoms with Crippen LogP contribution in [0, 0.1) is 34.6 Å². The summed E-state index contributed by atoms with van der Waals surface area (Å²) in [5, 5.41) is 9.77. The van der Waals surface area contributed by atoms with E-state index in [1.807, 2.05) is 13.8 Å². The Morgan fingerprint density at radius 3 is 2.00 bits per heavy atom. The summed E-state index contributed by atoms with van der Waals surface area (Å²) in [6, 6.07) is 0. The summed E-state index contributed by atoms with van der Waals surface area (Å²) < 4.78 is 0. The molecule has 1 atom stereocenters. The molecule has 1 aliphatic heterocycles. The smallest absolute Gasteiger partial charge is 0.254 e. The maximum Gasteiger partial charge on any atom is 0.254 e. The molecule has 1 amide bonds. The van der Waals surface area contributed by atoms with Crippen LogP contribution in [0.1, 0.15) is 51.0 Å². The Kier molecular flexibility index (Phi) is 4.19. The van der Waals surface area contributed by atoms with Gasteiger partial charge in [0.2, 0.25) is 0 Å². The number of nitrogens with zero attached hydrogens (tertiary/aromatic N) is 1. The summed E-state index contributed by atoms with van der Waals surface area (Å²) in [6.45, 7) is 11.6. The maximum absolute atomic E-state index is 12.8. The fraction of sp³-hybridized carbons (Fsp3) is 0.588. The van der Waals surface area contributed by atoms with Gasteiger partial charge in [0.25, 0.3) is 5.91 Å². The minimum absolute atomic E-state index is 0.0740. The number of β-amino-alcohol motifs (C(OH)–C–C–N with tert-alkyl or cyclic N) is 1. The van der Waals surface area contributed by atoms with E-state index in [9.17, 15) is 9.90 Å². The second-order valence-corrected chi connectivity index (χ2v) is 6.05. The zero-order chi connectivity index (χ0) is 15.0. The fourth-order valence-corrected chi connectivity index (χ4v) is 3.12. The second-order valence-electron chi connectivity index (χ2n) is 6.05. The first kappa shape index (κ1) is 15.0. The largest absolute Gasteiger partial charge is 0.391 e. The maximum atomic E-state index is 12.8. The lowest BCUT2D eigenvalue weighted by Crippen LogP contribution is -2.42. The highest BCUT2D eigenvalue weighted by Crippen LogP contribution is 2.27. The number of likely N-dealkylation sites (tertiary alicyclic amines) is 1. The average molecular weight is 275 g/mol. The van der Waals surface area contributed by atoms with Crippen molar-refractivity contribution in [3.8, 4) is 0 Å². The van der Waals surface area contributed by atoms with Gasteiger partial charge in [-0.05, 0) is 75.3 Å². The number of piperidine rings is 1. The van der Waals surface area contributed by atoms with Gasteiger partial charge in [-0.25, -0.2) is 0 Å². The van der Waals surface area contributed by atoms with Crippen molar-refractivity contribution in [2.24, 2.45) is 0 Å². The summed E-state index contributed by atoms with van der Waals surface area (Å²) in [5.41, 5.74) is 6.67. The molecule has 1 aromatic rings. The molecule has 0 aromatic heterocycles. The van der Waals surface area contributed by atoms with Crippen molar-refractivity contribution in [2.45, 2.75) is 53.6 Å². The van der Waals surface area contributed by atoms with E-state index < -0.39 is 0 Å². The number of hydrogen-bond donors (Lipinski definition) is 1. The third-order valence-electron chi connectivity index (χ3n) is 4.90. The second kappa shape index (κ2) is 5.57. The molecule has 3 nitrogen and oxygen atoms in total. The number of carbonyl (C=O) groups excluding carboxylic acids is 1. The lowest BCUT2D eigenvalue weighted by Gasteiger charge is -2.31. The lowest BCUT2D eigenvalue weighted by molar-refractivity contribution is 0.0472. The number of carbonyl (C=O) groups is 1. The predicted octanol–water partition coefficient (Wildman–Crippen LogP) is 2.83. The van der Waals surface area contributed by atoms with Gasteiger partial charge in [-0.1, -0.05) is 0 Å². The van der Waals surface area contributed by atoms with Gasteiger partial charge in [0.15, 0.2) is 0 Å². The van der Waals surface area contributed by atoms with Crippen LogP contribution < -0.4 is 0 Å². The highest BCUT2D eigenvalue weighted by molar-refractivity contribution is 5.98. The molecule has 0 unspecified atom stereocenters. The van der Waals surface area contributed by atoms with Crippen LogP contribution in [0.5, 0.6) is 0 Å². The summed E-state index contributed by atoms with van der Waals surface area (Å²) >= 11 is 0. The van der Waals surface area contributed by atoms with E-state index in [1.54, 1.807) is 4.90 Å². The molecule has 1 fully saturated rings. The summed E-state index contributed by atoms with van der Waals surface area (Å²) in [6.07, 6.45) is 1.31. The Hall–Kier alpha value is -1.35. The van der Waals surface area contributed by atoms with Crippen LogP contribution >= 0.6 is 0 Å². The number of hydrogen-bond acceptors (Lipinski definition) is 2. The van der Waals surface area contributed by atoms with E-state index in [0.717, 1.165) is 36.1 Å². The highest BCUT2D eigenvalue weighted by Gasteiger charge is 2.26. The minimum Gasteiger partial charge on any atom is -0.391 e. The van der Waals surface area contributed by atoms with Gasteiger partial charge in [0.1, 0.15) is 0 Å². The van der Waals surface area contributed by atoms with Gasteiger partial charge >= 0.3 is 0 Å². The molecule has 1 N–H and O–H groups in total. The first-order valence-electron chi connectivity index (χ1n) is 7.38. The molecular formula is C17H25NO2. The van der Waals surface area contributed by atoms with Crippen LogP contribution in [0.4, 0.5) is 0 Å². The molecule has 1 saturated heterocycles. The molecule has 110 valence electrons. The van der Waals surface area contributed by atoms with Crippen molar-refractivity contribution in [1.82, 2.24) is 4.90 Å². The lowest BCUT2D eigenvalue weighted by atomic mass is 9.88. The SMILES string of the molecule is Cc1c(C)c(C)c(C(=O)N2CCC[C@H](O)C2)c(C)c1C. The predicted molar refractivity (Wildman–Crippen MR) is 81.3 cm³/mol. The third kappa shape index (κ3) is 2.47. The molecule has 1 aromatic carbocycles. The summed E-state index contributed by atoms with van der Waals surface area (Å²) in [4.78, 5) is 14.6. The number of rotatable bonds is 1. The van der Waals surface area contributed by atoms with Crippen molar-refractivity contribution in [3.63, 3.8) is 0 Å². The van der Waals surface area contributed by atoms with Gasteiger partial charge < -0.3 is 10.0 Å². The molecule has 0 radical (unpaired) electrons. The van der Waals surface area contributed by atoms with Crippen molar-refractivity contribution in [1.29, 1.82) is 0 Å². The van der Waals surface area contributed by atoms with Crippen LogP contribution in [-0.4, -0.2) is 35.1 Å². The van der Waals surface area contributed by atoms with Gasteiger partial charge in [-0.15, -0.1) is 0 Å². The van der Waals surface area contributed by atoms with Crippen molar-refractivity contribution < 1.29 is 9.90 Å². The number of amides is 1. The number of aliphatic hydroxyl groups is 1. The molecule has 2 rings (SSSR count). The summed E-state index contributed by atoms with van der Waals surface area (Å²) in [5.74, 6) is 0.0740. The van der Waals surface area contributed by atoms with E-state index in [0.29, 0.717) is 6.54 Å². The third-order valence-corrected chi connectivity index (χ3v) is 4.90. The van der Waals surface area contributed by atoms with E-state index in [-0.39, 0.29) is 12.0 Å². The Morgan fingerprint density at radius 2 is 1.50 bits per heavy atom. The molecule has 20 heavy (non-hydrogen) atoms. The summed E-state index contributed by atoms with van der Waals surface area (Å²) in [7, 11) is 0. The Morgan fingerprint density at radius 1 is 1.00 bits per heavy atom. The van der Waals surface area contributed by atoms with Crippen LogP contribution in [-0.2, 0) is 0 Å². The van der Waals surface area contributed by atoms with E-state index >= 15 is 0 Å². The minimum atomic E-state index is -0.374. The van der Waals surface area contributed by atoms with Crippen molar-refractivity contribution in [3.05, 3.63) is 33.4 Å². The zero-order valence-corrected chi connectivity index (χ0v) is 13.2. The van der Waals surface area contributed by atoms with Crippen molar-refractivity contribution >= 4 is 5.91 Å². The highest BCUT2D eigenvalue weighted by atomic mass is 16.3. The number of benzene rings is 1. The van der Waals surface area contributed by atoms with E-state index in [2.05, 4.69) is 20.8 Å². The molecular weight excluding hydrogens is 250 g/mol. The van der Waals surface area contributed by atoms with Crippen LogP contribution in [0.25, 0.3) is 0 Å². The van der Waals surface area contributed by atoms with Gasteiger partial charge in [-0.2, -0.15) is 0 Å². The molecule has 0 bridgehead atoms. The van der Waals surface area contributed by atoms with E-state index in [1.165, 1.54) is 16.7 Å². The Bertz CT molecular complexity index is 519. The van der Waals surface area contributed by atoms with Crippen LogP contribution in [0.2, 0.25) is 0 Å². The van der Waals surface area contributed by atoms with Gasteiger partial charge in [0.05, 0.1) is 6.10 Å². The average Bonchev–Trinajstić information content (AvgIpc) is 2.43. The Balaban J connectivity index is 2.44. The standard InChI is InChI=1S/C17H25NO2/c1-10-11(2)13(4)16(14(5)12(10)3)17(20)18-8-6-7-15(19)9-18/h15,19H,6-9H2,1-5H3/t15-/m0/s1. The normalized spacial score (nSPS) is 19.3. The van der Waals surface area contributed by atoms with Crippen LogP contribution in [0.3, 0.4) is 0 Å². The topological polar surface area (TPSA) is 40.5 Å². The van der Waals surface area contributed by atoms with E-state index in [4.69, 9.17) is 0 Å². The van der Waals surface area contributed by atoms with Gasteiger partial charge in [-0.3, -0.25) is 4.79 Å². The molecule has 1 aliphatic rings. The monoisotopic (exact) mass is 275 g/mol. The first-order valence-corrected chi connectivity index (χ1v) is 7.38. The van der Waals surface area contributed by atoms with Crippen molar-refractivity contribution in [2.75, 3.05) is 13.1 Å². The van der Waals surface area contributed by atoms with Gasteiger partial charge in [0, 0.05) is 18.7 Å². The zero-order valence-electron chi connectivity index (χ0n) is 13.2. The Labute approximate surface area is 121 Å². The molecule has 0 spiro atoms. The quantitative estimate of drug-likeness (QED) is 0.856. The van der Waals surface area contributed by atoms with Crippen LogP contribution in [0.15, 0.2) is 0 Å². The molecule has 0 saturated carbocycles. The molecule has 3 heteroatoms.